The van der Waals surface area contributed by atoms with Gasteiger partial charge in [0.15, 0.2) is 0 Å². The molecular weight excluding hydrogens is 375 g/mol. The number of aromatic nitrogens is 4. The fourth-order valence-corrected chi connectivity index (χ4v) is 3.27. The molecule has 4 heterocycles. The summed E-state index contributed by atoms with van der Waals surface area (Å²) in [6.45, 7) is 5.18. The van der Waals surface area contributed by atoms with Crippen LogP contribution in [0.5, 0.6) is 0 Å². The van der Waals surface area contributed by atoms with Gasteiger partial charge in [0.1, 0.15) is 23.7 Å². The maximum Gasteiger partial charge on any atom is 0.433 e. The number of ether oxygens (including phenoxy) is 1. The van der Waals surface area contributed by atoms with E-state index in [-0.39, 0.29) is 0 Å². The predicted molar refractivity (Wildman–Crippen MR) is 96.5 cm³/mol. The number of morpholine rings is 1. The molecule has 0 aliphatic carbocycles. The number of piperazine rings is 1. The molecule has 150 valence electrons. The summed E-state index contributed by atoms with van der Waals surface area (Å²) in [5, 5.41) is 0. The van der Waals surface area contributed by atoms with Crippen LogP contribution in [-0.2, 0) is 10.9 Å². The topological polar surface area (TPSA) is 70.5 Å². The summed E-state index contributed by atoms with van der Waals surface area (Å²) < 4.78 is 44.0. The molecule has 2 aliphatic rings. The number of hydrogen-bond acceptors (Lipinski definition) is 8. The van der Waals surface area contributed by atoms with Crippen LogP contribution in [0.1, 0.15) is 5.69 Å². The SMILES string of the molecule is FC(F)(F)c1cc(N2CCN(c3ccnc(N4CCOCC4)n3)CC2)ncn1. The average molecular weight is 395 g/mol. The van der Waals surface area contributed by atoms with Crippen LogP contribution in [0.3, 0.4) is 0 Å². The zero-order chi connectivity index (χ0) is 19.6. The molecule has 0 spiro atoms. The zero-order valence-corrected chi connectivity index (χ0v) is 15.1. The Labute approximate surface area is 160 Å². The van der Waals surface area contributed by atoms with Crippen molar-refractivity contribution in [2.75, 3.05) is 67.2 Å². The van der Waals surface area contributed by atoms with Gasteiger partial charge < -0.3 is 19.4 Å². The predicted octanol–water partition coefficient (Wildman–Crippen LogP) is 1.45. The summed E-state index contributed by atoms with van der Waals surface area (Å²) in [5.41, 5.74) is -0.925. The van der Waals surface area contributed by atoms with Gasteiger partial charge in [0.05, 0.1) is 13.2 Å². The normalized spacial score (nSPS) is 18.5. The molecule has 2 aromatic rings. The van der Waals surface area contributed by atoms with Crippen molar-refractivity contribution in [3.8, 4) is 0 Å². The number of alkyl halides is 3. The monoisotopic (exact) mass is 395 g/mol. The molecule has 2 aliphatic heterocycles. The van der Waals surface area contributed by atoms with Gasteiger partial charge in [0.25, 0.3) is 0 Å². The third-order valence-corrected chi connectivity index (χ3v) is 4.79. The fourth-order valence-electron chi connectivity index (χ4n) is 3.27. The molecular formula is C17H20F3N7O. The Bertz CT molecular complexity index is 805. The second kappa shape index (κ2) is 7.74. The van der Waals surface area contributed by atoms with Crippen molar-refractivity contribution in [1.82, 2.24) is 19.9 Å². The lowest BCUT2D eigenvalue weighted by Gasteiger charge is -2.36. The summed E-state index contributed by atoms with van der Waals surface area (Å²) in [5.74, 6) is 1.78. The Morgan fingerprint density at radius 1 is 0.821 bits per heavy atom. The molecule has 0 saturated carbocycles. The lowest BCUT2D eigenvalue weighted by atomic mass is 10.3. The minimum absolute atomic E-state index is 0.290. The lowest BCUT2D eigenvalue weighted by Crippen LogP contribution is -2.47. The summed E-state index contributed by atoms with van der Waals surface area (Å²) in [7, 11) is 0. The molecule has 8 nitrogen and oxygen atoms in total. The van der Waals surface area contributed by atoms with Crippen molar-refractivity contribution in [1.29, 1.82) is 0 Å². The summed E-state index contributed by atoms with van der Waals surface area (Å²) in [6.07, 6.45) is -1.78. The molecule has 0 unspecified atom stereocenters. The van der Waals surface area contributed by atoms with E-state index < -0.39 is 11.9 Å². The third kappa shape index (κ3) is 4.08. The minimum Gasteiger partial charge on any atom is -0.378 e. The van der Waals surface area contributed by atoms with Crippen LogP contribution in [0.4, 0.5) is 30.8 Å². The molecule has 0 radical (unpaired) electrons. The Morgan fingerprint density at radius 2 is 1.50 bits per heavy atom. The fraction of sp³-hybridized carbons (Fsp3) is 0.529. The Hall–Kier alpha value is -2.69. The maximum absolute atomic E-state index is 12.9. The first-order chi connectivity index (χ1) is 13.5. The number of hydrogen-bond donors (Lipinski definition) is 0. The highest BCUT2D eigenvalue weighted by atomic mass is 19.4. The largest absolute Gasteiger partial charge is 0.433 e. The van der Waals surface area contributed by atoms with E-state index in [2.05, 4.69) is 29.7 Å². The molecule has 28 heavy (non-hydrogen) atoms. The Morgan fingerprint density at radius 3 is 2.18 bits per heavy atom. The van der Waals surface area contributed by atoms with Gasteiger partial charge >= 0.3 is 6.18 Å². The number of nitrogens with zero attached hydrogens (tertiary/aromatic N) is 7. The minimum atomic E-state index is -4.48. The highest BCUT2D eigenvalue weighted by molar-refractivity contribution is 5.47. The molecule has 0 bridgehead atoms. The molecule has 2 saturated heterocycles. The summed E-state index contributed by atoms with van der Waals surface area (Å²) >= 11 is 0. The van der Waals surface area contributed by atoms with Crippen molar-refractivity contribution >= 4 is 17.6 Å². The van der Waals surface area contributed by atoms with E-state index in [9.17, 15) is 13.2 Å². The van der Waals surface area contributed by atoms with Gasteiger partial charge in [-0.2, -0.15) is 18.2 Å². The Balaban J connectivity index is 1.42. The molecule has 0 N–H and O–H groups in total. The Kier molecular flexibility index (Phi) is 5.16. The molecule has 4 rings (SSSR count). The van der Waals surface area contributed by atoms with E-state index in [1.54, 1.807) is 6.20 Å². The second-order valence-electron chi connectivity index (χ2n) is 6.55. The van der Waals surface area contributed by atoms with E-state index in [4.69, 9.17) is 4.74 Å². The van der Waals surface area contributed by atoms with Crippen molar-refractivity contribution in [2.24, 2.45) is 0 Å². The number of anilines is 3. The first-order valence-electron chi connectivity index (χ1n) is 9.05. The van der Waals surface area contributed by atoms with E-state index in [1.165, 1.54) is 0 Å². The van der Waals surface area contributed by atoms with Gasteiger partial charge in [-0.25, -0.2) is 15.0 Å². The van der Waals surface area contributed by atoms with Crippen LogP contribution in [-0.4, -0.2) is 72.4 Å². The van der Waals surface area contributed by atoms with Crippen molar-refractivity contribution in [3.63, 3.8) is 0 Å². The summed E-state index contributed by atoms with van der Waals surface area (Å²) in [6, 6.07) is 2.85. The summed E-state index contributed by atoms with van der Waals surface area (Å²) in [4.78, 5) is 22.4. The zero-order valence-electron chi connectivity index (χ0n) is 15.1. The standard InChI is InChI=1S/C17H20F3N7O/c18-17(19,20)13-11-15(23-12-22-13)26-5-3-25(4-6-26)14-1-2-21-16(24-14)27-7-9-28-10-8-27/h1-2,11-12H,3-10H2. The molecule has 0 atom stereocenters. The van der Waals surface area contributed by atoms with E-state index in [1.807, 2.05) is 11.0 Å². The van der Waals surface area contributed by atoms with Crippen LogP contribution in [0, 0.1) is 0 Å². The van der Waals surface area contributed by atoms with Crippen molar-refractivity contribution in [3.05, 3.63) is 30.4 Å². The molecule has 11 heteroatoms. The van der Waals surface area contributed by atoms with Crippen LogP contribution in [0.15, 0.2) is 24.7 Å². The van der Waals surface area contributed by atoms with Gasteiger partial charge in [0.2, 0.25) is 5.95 Å². The van der Waals surface area contributed by atoms with Gasteiger partial charge in [0, 0.05) is 51.5 Å². The third-order valence-electron chi connectivity index (χ3n) is 4.79. The number of halogens is 3. The van der Waals surface area contributed by atoms with E-state index >= 15 is 0 Å². The lowest BCUT2D eigenvalue weighted by molar-refractivity contribution is -0.141. The van der Waals surface area contributed by atoms with Crippen LogP contribution >= 0.6 is 0 Å². The smallest absolute Gasteiger partial charge is 0.378 e. The van der Waals surface area contributed by atoms with Gasteiger partial charge in [-0.3, -0.25) is 0 Å². The quantitative estimate of drug-likeness (QED) is 0.774. The van der Waals surface area contributed by atoms with Gasteiger partial charge in [-0.1, -0.05) is 0 Å². The second-order valence-corrected chi connectivity index (χ2v) is 6.55. The van der Waals surface area contributed by atoms with Gasteiger partial charge in [-0.15, -0.1) is 0 Å². The van der Waals surface area contributed by atoms with Crippen molar-refractivity contribution < 1.29 is 17.9 Å². The van der Waals surface area contributed by atoms with Crippen LogP contribution in [0.25, 0.3) is 0 Å². The first-order valence-corrected chi connectivity index (χ1v) is 9.05. The van der Waals surface area contributed by atoms with E-state index in [0.717, 1.165) is 31.3 Å². The van der Waals surface area contributed by atoms with Gasteiger partial charge in [-0.05, 0) is 6.07 Å². The molecule has 0 aromatic carbocycles. The highest BCUT2D eigenvalue weighted by Crippen LogP contribution is 2.29. The molecule has 2 aromatic heterocycles. The van der Waals surface area contributed by atoms with Crippen LogP contribution in [0.2, 0.25) is 0 Å². The average Bonchev–Trinajstić information content (AvgIpc) is 2.74. The molecule has 0 amide bonds. The van der Waals surface area contributed by atoms with Crippen molar-refractivity contribution in [2.45, 2.75) is 6.18 Å². The molecule has 2 fully saturated rings. The van der Waals surface area contributed by atoms with E-state index in [0.29, 0.717) is 51.2 Å². The highest BCUT2D eigenvalue weighted by Gasteiger charge is 2.33. The maximum atomic E-state index is 12.9. The first kappa shape index (κ1) is 18.7. The van der Waals surface area contributed by atoms with Crippen LogP contribution < -0.4 is 14.7 Å². The number of rotatable bonds is 3.